The number of hydrogen-bond acceptors (Lipinski definition) is 6. The molecule has 0 spiro atoms. The van der Waals surface area contributed by atoms with Gasteiger partial charge in [-0.3, -0.25) is 9.59 Å². The molecule has 2 aliphatic rings. The van der Waals surface area contributed by atoms with Gasteiger partial charge in [0.15, 0.2) is 10.8 Å². The van der Waals surface area contributed by atoms with Gasteiger partial charge in [0.2, 0.25) is 5.91 Å². The molecule has 0 unspecified atom stereocenters. The molecule has 9 heteroatoms. The van der Waals surface area contributed by atoms with Crippen LogP contribution in [0.25, 0.3) is 16.9 Å². The van der Waals surface area contributed by atoms with Crippen molar-refractivity contribution in [2.24, 2.45) is 5.92 Å². The Hall–Kier alpha value is -2.78. The molecule has 2 fully saturated rings. The number of rotatable bonds is 5. The van der Waals surface area contributed by atoms with Gasteiger partial charge in [0.05, 0.1) is 24.5 Å². The van der Waals surface area contributed by atoms with E-state index in [1.54, 1.807) is 6.20 Å². The summed E-state index contributed by atoms with van der Waals surface area (Å²) in [5, 5.41) is 8.17. The minimum Gasteiger partial charge on any atom is -0.379 e. The Balaban J connectivity index is 1.31. The highest BCUT2D eigenvalue weighted by molar-refractivity contribution is 7.12. The maximum Gasteiger partial charge on any atom is 0.280 e. The molecule has 0 radical (unpaired) electrons. The number of aromatic nitrogens is 3. The molecule has 2 N–H and O–H groups in total. The zero-order chi connectivity index (χ0) is 19.8. The molecule has 4 heterocycles. The van der Waals surface area contributed by atoms with Gasteiger partial charge in [-0.25, -0.2) is 9.97 Å². The SMILES string of the molecule is O=C(N[C@H]1CCCOC1)c1nc(-c2ccc3nc(NC(=O)C4CC4)cn3c2)cs1. The maximum absolute atomic E-state index is 12.5. The van der Waals surface area contributed by atoms with E-state index in [1.807, 2.05) is 28.1 Å². The second kappa shape index (κ2) is 7.57. The van der Waals surface area contributed by atoms with E-state index in [9.17, 15) is 9.59 Å². The summed E-state index contributed by atoms with van der Waals surface area (Å²) in [6.07, 6.45) is 7.50. The molecule has 1 aliphatic carbocycles. The minimum atomic E-state index is -0.162. The monoisotopic (exact) mass is 411 g/mol. The van der Waals surface area contributed by atoms with Gasteiger partial charge in [-0.2, -0.15) is 0 Å². The van der Waals surface area contributed by atoms with Gasteiger partial charge in [0.1, 0.15) is 5.65 Å². The van der Waals surface area contributed by atoms with Crippen LogP contribution in [0.3, 0.4) is 0 Å². The summed E-state index contributed by atoms with van der Waals surface area (Å²) < 4.78 is 7.27. The van der Waals surface area contributed by atoms with E-state index in [2.05, 4.69) is 20.6 Å². The first-order chi connectivity index (χ1) is 14.2. The van der Waals surface area contributed by atoms with Gasteiger partial charge < -0.3 is 19.8 Å². The molecule has 3 aromatic rings. The normalized spacial score (nSPS) is 19.2. The number of hydrogen-bond donors (Lipinski definition) is 2. The third-order valence-corrected chi connectivity index (χ3v) is 5.98. The Morgan fingerprint density at radius 2 is 2.07 bits per heavy atom. The van der Waals surface area contributed by atoms with E-state index in [4.69, 9.17) is 4.74 Å². The summed E-state index contributed by atoms with van der Waals surface area (Å²) in [7, 11) is 0. The van der Waals surface area contributed by atoms with Gasteiger partial charge >= 0.3 is 0 Å². The van der Waals surface area contributed by atoms with Gasteiger partial charge in [0.25, 0.3) is 5.91 Å². The van der Waals surface area contributed by atoms with Crippen molar-refractivity contribution in [1.29, 1.82) is 0 Å². The highest BCUT2D eigenvalue weighted by atomic mass is 32.1. The first-order valence-electron chi connectivity index (χ1n) is 9.80. The van der Waals surface area contributed by atoms with Crippen LogP contribution >= 0.6 is 11.3 Å². The Labute approximate surface area is 171 Å². The number of pyridine rings is 1. The topological polar surface area (TPSA) is 97.6 Å². The molecule has 5 rings (SSSR count). The molecule has 0 bridgehead atoms. The molecule has 2 amide bonds. The third-order valence-electron chi connectivity index (χ3n) is 5.14. The molecular formula is C20H21N5O3S. The second-order valence-electron chi connectivity index (χ2n) is 7.50. The van der Waals surface area contributed by atoms with Crippen molar-refractivity contribution in [3.05, 3.63) is 34.9 Å². The highest BCUT2D eigenvalue weighted by Crippen LogP contribution is 2.30. The lowest BCUT2D eigenvalue weighted by Gasteiger charge is -2.22. The van der Waals surface area contributed by atoms with Crippen molar-refractivity contribution in [2.45, 2.75) is 31.7 Å². The lowest BCUT2D eigenvalue weighted by atomic mass is 10.1. The van der Waals surface area contributed by atoms with E-state index in [0.717, 1.165) is 49.2 Å². The Morgan fingerprint density at radius 3 is 2.86 bits per heavy atom. The van der Waals surface area contributed by atoms with Gasteiger partial charge in [-0.15, -0.1) is 11.3 Å². The summed E-state index contributed by atoms with van der Waals surface area (Å²) in [4.78, 5) is 33.3. The Bertz CT molecular complexity index is 1070. The van der Waals surface area contributed by atoms with E-state index in [-0.39, 0.29) is 23.8 Å². The average molecular weight is 411 g/mol. The summed E-state index contributed by atoms with van der Waals surface area (Å²) in [5.41, 5.74) is 2.36. The molecule has 150 valence electrons. The summed E-state index contributed by atoms with van der Waals surface area (Å²) >= 11 is 1.32. The number of nitrogens with zero attached hydrogens (tertiary/aromatic N) is 3. The quantitative estimate of drug-likeness (QED) is 0.673. The van der Waals surface area contributed by atoms with Crippen LogP contribution in [0, 0.1) is 5.92 Å². The maximum atomic E-state index is 12.5. The van der Waals surface area contributed by atoms with Crippen molar-refractivity contribution < 1.29 is 14.3 Å². The zero-order valence-corrected chi connectivity index (χ0v) is 16.6. The summed E-state index contributed by atoms with van der Waals surface area (Å²) in [6, 6.07) is 3.84. The summed E-state index contributed by atoms with van der Waals surface area (Å²) in [5.74, 6) is 0.555. The lowest BCUT2D eigenvalue weighted by Crippen LogP contribution is -2.40. The van der Waals surface area contributed by atoms with Crippen molar-refractivity contribution in [3.63, 3.8) is 0 Å². The number of nitrogens with one attached hydrogen (secondary N) is 2. The summed E-state index contributed by atoms with van der Waals surface area (Å²) in [6.45, 7) is 1.32. The number of thiazole rings is 1. The lowest BCUT2D eigenvalue weighted by molar-refractivity contribution is -0.117. The molecule has 3 aromatic heterocycles. The van der Waals surface area contributed by atoms with Gasteiger partial charge in [0, 0.05) is 29.7 Å². The van der Waals surface area contributed by atoms with Crippen molar-refractivity contribution in [2.75, 3.05) is 18.5 Å². The fourth-order valence-electron chi connectivity index (χ4n) is 3.39. The van der Waals surface area contributed by atoms with Crippen molar-refractivity contribution in [1.82, 2.24) is 19.7 Å². The second-order valence-corrected chi connectivity index (χ2v) is 8.36. The number of carbonyl (C=O) groups excluding carboxylic acids is 2. The molecule has 1 saturated carbocycles. The molecule has 29 heavy (non-hydrogen) atoms. The van der Waals surface area contributed by atoms with Gasteiger partial charge in [-0.05, 0) is 37.8 Å². The van der Waals surface area contributed by atoms with Crippen LogP contribution in [0.4, 0.5) is 5.82 Å². The predicted molar refractivity (Wildman–Crippen MR) is 109 cm³/mol. The van der Waals surface area contributed by atoms with E-state index in [0.29, 0.717) is 17.4 Å². The number of carbonyl (C=O) groups is 2. The van der Waals surface area contributed by atoms with E-state index in [1.165, 1.54) is 11.3 Å². The number of anilines is 1. The number of imidazole rings is 1. The fraction of sp³-hybridized carbons (Fsp3) is 0.400. The fourth-order valence-corrected chi connectivity index (χ4v) is 4.12. The van der Waals surface area contributed by atoms with Crippen LogP contribution in [0.2, 0.25) is 0 Å². The number of fused-ring (bicyclic) bond motifs is 1. The predicted octanol–water partition coefficient (Wildman–Crippen LogP) is 2.72. The average Bonchev–Trinajstić information content (AvgIpc) is 3.32. The first kappa shape index (κ1) is 18.3. The minimum absolute atomic E-state index is 0.0344. The highest BCUT2D eigenvalue weighted by Gasteiger charge is 2.30. The van der Waals surface area contributed by atoms with Crippen LogP contribution in [0.15, 0.2) is 29.9 Å². The van der Waals surface area contributed by atoms with E-state index >= 15 is 0 Å². The largest absolute Gasteiger partial charge is 0.379 e. The third kappa shape index (κ3) is 4.01. The van der Waals surface area contributed by atoms with E-state index < -0.39 is 0 Å². The van der Waals surface area contributed by atoms with Crippen LogP contribution in [0.5, 0.6) is 0 Å². The van der Waals surface area contributed by atoms with Crippen LogP contribution in [-0.2, 0) is 9.53 Å². The standard InChI is InChI=1S/C20H21N5O3S/c26-18(12-3-4-12)24-16-9-25-8-13(5-6-17(25)23-16)15-11-29-20(22-15)19(27)21-14-2-1-7-28-10-14/h5-6,8-9,11-12,14H,1-4,7,10H2,(H,21,27)(H,24,26)/t14-/m0/s1. The molecule has 1 saturated heterocycles. The molecule has 1 atom stereocenters. The Morgan fingerprint density at radius 1 is 1.17 bits per heavy atom. The molecular weight excluding hydrogens is 390 g/mol. The zero-order valence-electron chi connectivity index (χ0n) is 15.8. The first-order valence-corrected chi connectivity index (χ1v) is 10.7. The van der Waals surface area contributed by atoms with Crippen molar-refractivity contribution >= 4 is 34.6 Å². The van der Waals surface area contributed by atoms with Gasteiger partial charge in [-0.1, -0.05) is 0 Å². The number of ether oxygens (including phenoxy) is 1. The molecule has 0 aromatic carbocycles. The molecule has 8 nitrogen and oxygen atoms in total. The van der Waals surface area contributed by atoms with Crippen LogP contribution in [0.1, 0.15) is 35.5 Å². The van der Waals surface area contributed by atoms with Crippen molar-refractivity contribution in [3.8, 4) is 11.3 Å². The van der Waals surface area contributed by atoms with Crippen LogP contribution in [-0.4, -0.2) is 45.4 Å². The number of amides is 2. The smallest absolute Gasteiger partial charge is 0.280 e. The molecule has 1 aliphatic heterocycles. The van der Waals surface area contributed by atoms with Crippen LogP contribution < -0.4 is 10.6 Å². The Kier molecular flexibility index (Phi) is 4.76.